The van der Waals surface area contributed by atoms with Gasteiger partial charge in [0.15, 0.2) is 11.4 Å². The second kappa shape index (κ2) is 10.1. The number of aliphatic hydroxyl groups excluding tert-OH is 2. The van der Waals surface area contributed by atoms with Gasteiger partial charge in [0, 0.05) is 36.1 Å². The second-order valence-corrected chi connectivity index (χ2v) is 11.9. The summed E-state index contributed by atoms with van der Waals surface area (Å²) < 4.78 is 13.2. The quantitative estimate of drug-likeness (QED) is 0.290. The van der Waals surface area contributed by atoms with Gasteiger partial charge in [-0.3, -0.25) is 24.2 Å². The number of alkyl halides is 1. The van der Waals surface area contributed by atoms with Crippen molar-refractivity contribution in [2.75, 3.05) is 33.9 Å². The van der Waals surface area contributed by atoms with Crippen LogP contribution in [-0.2, 0) is 22.6 Å². The number of nitrogens with two attached hydrogens (primary N) is 1. The summed E-state index contributed by atoms with van der Waals surface area (Å²) in [5, 5.41) is 45.1. The van der Waals surface area contributed by atoms with Crippen LogP contribution < -0.4 is 5.73 Å². The number of amides is 1. The van der Waals surface area contributed by atoms with Gasteiger partial charge in [-0.2, -0.15) is 0 Å². The van der Waals surface area contributed by atoms with Crippen LogP contribution in [0.1, 0.15) is 40.7 Å². The fourth-order valence-electron chi connectivity index (χ4n) is 6.73. The third-order valence-corrected chi connectivity index (χ3v) is 9.21. The summed E-state index contributed by atoms with van der Waals surface area (Å²) in [7, 11) is 3.14. The summed E-state index contributed by atoms with van der Waals surface area (Å²) >= 11 is 6.80. The van der Waals surface area contributed by atoms with E-state index in [1.54, 1.807) is 14.1 Å². The number of phenols is 1. The van der Waals surface area contributed by atoms with Gasteiger partial charge in [0.25, 0.3) is 5.91 Å². The number of allylic oxidation sites excluding steroid dienone is 1. The van der Waals surface area contributed by atoms with E-state index in [4.69, 9.17) is 17.3 Å². The third kappa shape index (κ3) is 4.30. The van der Waals surface area contributed by atoms with E-state index >= 15 is 0 Å². The predicted octanol–water partition coefficient (Wildman–Crippen LogP) is 1.96. The Morgan fingerprint density at radius 3 is 2.48 bits per heavy atom. The van der Waals surface area contributed by atoms with Crippen LogP contribution in [-0.4, -0.2) is 93.2 Å². The highest BCUT2D eigenvalue weighted by Gasteiger charge is 2.63. The van der Waals surface area contributed by atoms with E-state index in [0.717, 1.165) is 12.8 Å². The molecule has 0 radical (unpaired) electrons. The molecule has 1 aromatic rings. The number of phenolic OH excluding ortho intramolecular Hbond substituents is 1. The molecule has 6 N–H and O–H groups in total. The van der Waals surface area contributed by atoms with Crippen molar-refractivity contribution in [2.24, 2.45) is 23.5 Å². The highest BCUT2D eigenvalue weighted by atomic mass is 35.5. The van der Waals surface area contributed by atoms with Crippen LogP contribution in [0.3, 0.4) is 0 Å². The number of likely N-dealkylation sites (N-methyl/N-ethyl adjacent to an activating group) is 1. The number of hydrogen-bond acceptors (Lipinski definition) is 9. The highest BCUT2D eigenvalue weighted by molar-refractivity contribution is 6.33. The summed E-state index contributed by atoms with van der Waals surface area (Å²) in [6.45, 7) is 0.646. The Hall–Kier alpha value is -2.99. The number of halogens is 2. The lowest BCUT2D eigenvalue weighted by molar-refractivity contribution is -0.148. The summed E-state index contributed by atoms with van der Waals surface area (Å²) in [5.41, 5.74) is 2.31. The Morgan fingerprint density at radius 2 is 1.90 bits per heavy atom. The molecule has 4 aliphatic carbocycles. The fraction of sp³-hybridized carbons (Fsp3) is 0.536. The zero-order chi connectivity index (χ0) is 29.3. The highest BCUT2D eigenvalue weighted by Crippen LogP contribution is 2.53. The maximum atomic E-state index is 13.8. The van der Waals surface area contributed by atoms with E-state index < -0.39 is 64.7 Å². The minimum atomic E-state index is -2.69. The molecule has 40 heavy (non-hydrogen) atoms. The van der Waals surface area contributed by atoms with Crippen LogP contribution in [0.25, 0.3) is 0 Å². The zero-order valence-electron chi connectivity index (χ0n) is 22.3. The lowest BCUT2D eigenvalue weighted by Crippen LogP contribution is -2.63. The molecule has 4 atom stereocenters. The normalized spacial score (nSPS) is 28.2. The van der Waals surface area contributed by atoms with Gasteiger partial charge in [-0.15, -0.1) is 0 Å². The molecule has 10 nitrogen and oxygen atoms in total. The molecule has 0 unspecified atom stereocenters. The first-order chi connectivity index (χ1) is 18.8. The summed E-state index contributed by atoms with van der Waals surface area (Å²) in [6, 6.07) is 0.284. The van der Waals surface area contributed by atoms with Crippen LogP contribution in [0.2, 0.25) is 5.02 Å². The first kappa shape index (κ1) is 28.5. The van der Waals surface area contributed by atoms with E-state index in [0.29, 0.717) is 23.6 Å². The average Bonchev–Trinajstić information content (AvgIpc) is 3.68. The number of carbonyl (C=O) groups excluding carboxylic acids is 3. The topological polar surface area (TPSA) is 165 Å². The fourth-order valence-corrected chi connectivity index (χ4v) is 7.02. The number of benzene rings is 1. The number of aromatic hydroxyl groups is 1. The van der Waals surface area contributed by atoms with Crippen LogP contribution in [0.15, 0.2) is 28.7 Å². The molecule has 0 aliphatic heterocycles. The first-order valence-corrected chi connectivity index (χ1v) is 13.7. The Labute approximate surface area is 235 Å². The maximum absolute atomic E-state index is 13.8. The number of nitrogens with zero attached hydrogens (tertiary/aromatic N) is 2. The number of Topliss-reactive ketones (excluding diaryl/α,β-unsaturated/α-hetero) is 2. The summed E-state index contributed by atoms with van der Waals surface area (Å²) in [4.78, 5) is 42.6. The van der Waals surface area contributed by atoms with Crippen molar-refractivity contribution in [2.45, 2.75) is 43.9 Å². The van der Waals surface area contributed by atoms with E-state index in [1.807, 2.05) is 4.90 Å². The molecular formula is C28H33ClFN3O7. The minimum Gasteiger partial charge on any atom is -0.510 e. The summed E-state index contributed by atoms with van der Waals surface area (Å²) in [5.74, 6) is -6.63. The van der Waals surface area contributed by atoms with Crippen molar-refractivity contribution >= 4 is 29.1 Å². The SMILES string of the molecule is CN(C)[C@@H]1C(O)=C(C(N)=O)C(=O)[C@@]2(O)C(O)=C3C(=O)c4c(O)cc(CN(CCF)CC5CC5)c(Cl)c4C[C@H]3C[C@@H]12. The number of rotatable bonds is 8. The minimum absolute atomic E-state index is 0.0251. The van der Waals surface area contributed by atoms with Crippen LogP contribution in [0, 0.1) is 17.8 Å². The number of aliphatic hydroxyl groups is 3. The second-order valence-electron chi connectivity index (χ2n) is 11.6. The van der Waals surface area contributed by atoms with E-state index in [-0.39, 0.29) is 47.8 Å². The van der Waals surface area contributed by atoms with Gasteiger partial charge < -0.3 is 26.2 Å². The molecule has 4 aliphatic rings. The van der Waals surface area contributed by atoms with Crippen molar-refractivity contribution < 1.29 is 39.2 Å². The standard InChI is InChI=1S/C28H33ClFN3O7/c1-32(2)22-16-8-13-7-15-19(17(34)9-14(21(15)29)11-33(6-5-30)10-12-3-4-12)23(35)18(13)25(37)28(16,40)26(38)20(24(22)36)27(31)39/h9,12-13,16,22,34,36-37,40H,3-8,10-11H2,1-2H3,(H2,31,39)/t13-,16-,22-,28-/m0/s1. The first-order valence-electron chi connectivity index (χ1n) is 13.3. The smallest absolute Gasteiger partial charge is 0.255 e. The largest absolute Gasteiger partial charge is 0.510 e. The predicted molar refractivity (Wildman–Crippen MR) is 143 cm³/mol. The maximum Gasteiger partial charge on any atom is 0.255 e. The number of ketones is 2. The number of hydrogen-bond donors (Lipinski definition) is 5. The Kier molecular flexibility index (Phi) is 7.23. The molecule has 216 valence electrons. The lowest BCUT2D eigenvalue weighted by atomic mass is 9.58. The van der Waals surface area contributed by atoms with Crippen molar-refractivity contribution in [3.05, 3.63) is 50.4 Å². The van der Waals surface area contributed by atoms with Crippen molar-refractivity contribution in [1.29, 1.82) is 0 Å². The monoisotopic (exact) mass is 577 g/mol. The molecular weight excluding hydrogens is 545 g/mol. The number of fused-ring (bicyclic) bond motifs is 3. The molecule has 0 spiro atoms. The molecule has 0 heterocycles. The van der Waals surface area contributed by atoms with Gasteiger partial charge in [0.1, 0.15) is 29.5 Å². The molecule has 1 aromatic carbocycles. The molecule has 12 heteroatoms. The van der Waals surface area contributed by atoms with E-state index in [1.165, 1.54) is 11.0 Å². The van der Waals surface area contributed by atoms with E-state index in [9.17, 15) is 39.2 Å². The number of carbonyl (C=O) groups is 3. The number of primary amides is 1. The molecule has 0 saturated heterocycles. The molecule has 1 saturated carbocycles. The van der Waals surface area contributed by atoms with Crippen LogP contribution in [0.5, 0.6) is 5.75 Å². The Morgan fingerprint density at radius 1 is 1.23 bits per heavy atom. The Bertz CT molecular complexity index is 1370. The molecule has 1 amide bonds. The molecule has 0 bridgehead atoms. The summed E-state index contributed by atoms with van der Waals surface area (Å²) in [6.07, 6.45) is 2.23. The Balaban J connectivity index is 1.59. The third-order valence-electron chi connectivity index (χ3n) is 8.74. The van der Waals surface area contributed by atoms with Crippen molar-refractivity contribution in [3.8, 4) is 5.75 Å². The lowest BCUT2D eigenvalue weighted by Gasteiger charge is -2.50. The van der Waals surface area contributed by atoms with Gasteiger partial charge in [-0.25, -0.2) is 4.39 Å². The molecule has 0 aromatic heterocycles. The van der Waals surface area contributed by atoms with Crippen molar-refractivity contribution in [1.82, 2.24) is 9.80 Å². The van der Waals surface area contributed by atoms with Gasteiger partial charge in [0.05, 0.1) is 11.6 Å². The molecule has 1 fully saturated rings. The van der Waals surface area contributed by atoms with Gasteiger partial charge >= 0.3 is 0 Å². The van der Waals surface area contributed by atoms with Crippen LogP contribution >= 0.6 is 11.6 Å². The van der Waals surface area contributed by atoms with Crippen LogP contribution in [0.4, 0.5) is 4.39 Å². The molecule has 5 rings (SSSR count). The zero-order valence-corrected chi connectivity index (χ0v) is 23.0. The van der Waals surface area contributed by atoms with Gasteiger partial charge in [-0.05, 0) is 68.8 Å². The average molecular weight is 578 g/mol. The van der Waals surface area contributed by atoms with Gasteiger partial charge in [-0.1, -0.05) is 11.6 Å². The van der Waals surface area contributed by atoms with E-state index in [2.05, 4.69) is 0 Å². The van der Waals surface area contributed by atoms with Crippen molar-refractivity contribution in [3.63, 3.8) is 0 Å². The van der Waals surface area contributed by atoms with Gasteiger partial charge in [0.2, 0.25) is 5.78 Å².